The van der Waals surface area contributed by atoms with Gasteiger partial charge in [0.25, 0.3) is 0 Å². The molecule has 0 bridgehead atoms. The van der Waals surface area contributed by atoms with Gasteiger partial charge in [-0.15, -0.1) is 0 Å². The average Bonchev–Trinajstić information content (AvgIpc) is 2.35. The van der Waals surface area contributed by atoms with Crippen molar-refractivity contribution >= 4 is 21.4 Å². The van der Waals surface area contributed by atoms with Crippen molar-refractivity contribution in [1.29, 1.82) is 0 Å². The van der Waals surface area contributed by atoms with Crippen molar-refractivity contribution in [2.75, 3.05) is 0 Å². The van der Waals surface area contributed by atoms with Crippen molar-refractivity contribution in [3.05, 3.63) is 29.0 Å². The quantitative estimate of drug-likeness (QED) is 0.855. The normalized spacial score (nSPS) is 28.3. The van der Waals surface area contributed by atoms with Crippen LogP contribution in [0, 0.1) is 11.7 Å². The topological polar surface area (TPSA) is 60.2 Å². The number of hydrogen-bond donors (Lipinski definition) is 1. The highest BCUT2D eigenvalue weighted by molar-refractivity contribution is 7.92. The lowest BCUT2D eigenvalue weighted by Gasteiger charge is -2.32. The molecule has 1 aliphatic rings. The molecular weight excluding hydrogens is 289 g/mol. The minimum Gasteiger partial charge on any atom is -0.327 e. The Morgan fingerprint density at radius 3 is 2.68 bits per heavy atom. The number of benzene rings is 1. The fourth-order valence-corrected chi connectivity index (χ4v) is 4.85. The molecule has 0 saturated heterocycles. The van der Waals surface area contributed by atoms with Crippen LogP contribution in [0.25, 0.3) is 0 Å². The van der Waals surface area contributed by atoms with Gasteiger partial charge in [0.15, 0.2) is 9.84 Å². The van der Waals surface area contributed by atoms with Crippen LogP contribution in [0.1, 0.15) is 26.2 Å². The van der Waals surface area contributed by atoms with E-state index in [1.807, 2.05) is 6.92 Å². The highest BCUT2D eigenvalue weighted by Gasteiger charge is 2.37. The number of rotatable bonds is 2. The fourth-order valence-electron chi connectivity index (χ4n) is 2.54. The molecule has 0 spiro atoms. The third-order valence-corrected chi connectivity index (χ3v) is 6.26. The van der Waals surface area contributed by atoms with E-state index in [1.54, 1.807) is 0 Å². The van der Waals surface area contributed by atoms with Gasteiger partial charge in [0.05, 0.1) is 15.2 Å². The van der Waals surface area contributed by atoms with Gasteiger partial charge < -0.3 is 5.73 Å². The van der Waals surface area contributed by atoms with Crippen molar-refractivity contribution in [3.8, 4) is 0 Å². The first-order valence-corrected chi connectivity index (χ1v) is 8.19. The van der Waals surface area contributed by atoms with Gasteiger partial charge in [-0.1, -0.05) is 18.5 Å². The van der Waals surface area contributed by atoms with Gasteiger partial charge in [0.2, 0.25) is 0 Å². The molecule has 1 saturated carbocycles. The van der Waals surface area contributed by atoms with Gasteiger partial charge in [0.1, 0.15) is 5.82 Å². The van der Waals surface area contributed by atoms with E-state index in [0.717, 1.165) is 18.6 Å². The molecule has 0 heterocycles. The molecule has 3 atom stereocenters. The van der Waals surface area contributed by atoms with Crippen LogP contribution < -0.4 is 5.73 Å². The third kappa shape index (κ3) is 2.93. The van der Waals surface area contributed by atoms with Gasteiger partial charge in [-0.05, 0) is 43.4 Å². The van der Waals surface area contributed by atoms with E-state index >= 15 is 0 Å². The second kappa shape index (κ2) is 5.38. The predicted molar refractivity (Wildman–Crippen MR) is 73.4 cm³/mol. The van der Waals surface area contributed by atoms with Crippen LogP contribution in [0.15, 0.2) is 23.1 Å². The molecular formula is C13H17ClFNO2S. The minimum atomic E-state index is -3.56. The Balaban J connectivity index is 2.38. The molecule has 0 aromatic heterocycles. The maximum atomic E-state index is 13.1. The molecule has 106 valence electrons. The first kappa shape index (κ1) is 14.8. The van der Waals surface area contributed by atoms with E-state index in [0.29, 0.717) is 18.8 Å². The predicted octanol–water partition coefficient (Wildman–Crippen LogP) is 2.77. The van der Waals surface area contributed by atoms with E-state index in [2.05, 4.69) is 0 Å². The Labute approximate surface area is 117 Å². The smallest absolute Gasteiger partial charge is 0.182 e. The van der Waals surface area contributed by atoms with Crippen LogP contribution >= 0.6 is 11.6 Å². The maximum Gasteiger partial charge on any atom is 0.182 e. The molecule has 1 fully saturated rings. The average molecular weight is 306 g/mol. The molecule has 0 aliphatic heterocycles. The SMILES string of the molecule is CC1CCC(N)C(S(=O)(=O)c2ccc(F)c(Cl)c2)C1. The van der Waals surface area contributed by atoms with Crippen molar-refractivity contribution in [3.63, 3.8) is 0 Å². The number of nitrogens with two attached hydrogens (primary N) is 1. The lowest BCUT2D eigenvalue weighted by atomic mass is 9.87. The van der Waals surface area contributed by atoms with Crippen molar-refractivity contribution < 1.29 is 12.8 Å². The van der Waals surface area contributed by atoms with Crippen molar-refractivity contribution in [1.82, 2.24) is 0 Å². The molecule has 2 N–H and O–H groups in total. The molecule has 1 aliphatic carbocycles. The van der Waals surface area contributed by atoms with Crippen LogP contribution in [-0.4, -0.2) is 19.7 Å². The van der Waals surface area contributed by atoms with Crippen LogP contribution in [0.5, 0.6) is 0 Å². The molecule has 19 heavy (non-hydrogen) atoms. The zero-order valence-corrected chi connectivity index (χ0v) is 12.2. The van der Waals surface area contributed by atoms with Crippen molar-refractivity contribution in [2.24, 2.45) is 11.7 Å². The highest BCUT2D eigenvalue weighted by atomic mass is 35.5. The second-order valence-corrected chi connectivity index (χ2v) is 7.82. The minimum absolute atomic E-state index is 0.0495. The summed E-state index contributed by atoms with van der Waals surface area (Å²) in [5.74, 6) is -0.294. The summed E-state index contributed by atoms with van der Waals surface area (Å²) in [4.78, 5) is 0.0495. The zero-order chi connectivity index (χ0) is 14.2. The summed E-state index contributed by atoms with van der Waals surface area (Å²) in [5, 5.41) is -0.795. The summed E-state index contributed by atoms with van der Waals surface area (Å²) in [6, 6.07) is 3.12. The standard InChI is InChI=1S/C13H17ClFNO2S/c1-8-2-5-12(16)13(6-8)19(17,18)9-3-4-11(15)10(14)7-9/h3-4,7-8,12-13H,2,5-6,16H2,1H3. The van der Waals surface area contributed by atoms with Crippen LogP contribution in [-0.2, 0) is 9.84 Å². The molecule has 1 aromatic rings. The Morgan fingerprint density at radius 2 is 2.05 bits per heavy atom. The van der Waals surface area contributed by atoms with Gasteiger partial charge in [-0.3, -0.25) is 0 Å². The third-order valence-electron chi connectivity index (χ3n) is 3.72. The molecule has 3 unspecified atom stereocenters. The van der Waals surface area contributed by atoms with E-state index in [9.17, 15) is 12.8 Å². The summed E-state index contributed by atoms with van der Waals surface area (Å²) in [7, 11) is -3.56. The van der Waals surface area contributed by atoms with Gasteiger partial charge in [-0.25, -0.2) is 12.8 Å². The van der Waals surface area contributed by atoms with Gasteiger partial charge >= 0.3 is 0 Å². The molecule has 0 radical (unpaired) electrons. The van der Waals surface area contributed by atoms with Crippen LogP contribution in [0.2, 0.25) is 5.02 Å². The zero-order valence-electron chi connectivity index (χ0n) is 10.6. The van der Waals surface area contributed by atoms with Gasteiger partial charge in [0, 0.05) is 6.04 Å². The largest absolute Gasteiger partial charge is 0.327 e. The molecule has 1 aromatic carbocycles. The summed E-state index contributed by atoms with van der Waals surface area (Å²) in [5.41, 5.74) is 5.95. The number of hydrogen-bond acceptors (Lipinski definition) is 3. The second-order valence-electron chi connectivity index (χ2n) is 5.24. The number of sulfone groups is 1. The van der Waals surface area contributed by atoms with E-state index in [-0.39, 0.29) is 16.0 Å². The summed E-state index contributed by atoms with van der Waals surface area (Å²) in [6.45, 7) is 2.02. The lowest BCUT2D eigenvalue weighted by Crippen LogP contribution is -2.44. The maximum absolute atomic E-state index is 13.1. The monoisotopic (exact) mass is 305 g/mol. The van der Waals surface area contributed by atoms with Crippen LogP contribution in [0.4, 0.5) is 4.39 Å². The Hall–Kier alpha value is -0.650. The summed E-state index contributed by atoms with van der Waals surface area (Å²) in [6.07, 6.45) is 2.18. The Bertz CT molecular complexity index is 576. The first-order valence-electron chi connectivity index (χ1n) is 6.27. The summed E-state index contributed by atoms with van der Waals surface area (Å²) >= 11 is 5.65. The van der Waals surface area contributed by atoms with Gasteiger partial charge in [-0.2, -0.15) is 0 Å². The van der Waals surface area contributed by atoms with Crippen molar-refractivity contribution in [2.45, 2.75) is 42.4 Å². The molecule has 6 heteroatoms. The fraction of sp³-hybridized carbons (Fsp3) is 0.538. The molecule has 3 nitrogen and oxygen atoms in total. The highest BCUT2D eigenvalue weighted by Crippen LogP contribution is 2.32. The summed E-state index contributed by atoms with van der Waals surface area (Å²) < 4.78 is 38.2. The van der Waals surface area contributed by atoms with E-state index in [4.69, 9.17) is 17.3 Å². The Morgan fingerprint density at radius 1 is 1.37 bits per heavy atom. The number of halogens is 2. The molecule has 2 rings (SSSR count). The first-order chi connectivity index (χ1) is 8.82. The molecule has 0 amide bonds. The van der Waals surface area contributed by atoms with E-state index < -0.39 is 20.9 Å². The van der Waals surface area contributed by atoms with Crippen LogP contribution in [0.3, 0.4) is 0 Å². The lowest BCUT2D eigenvalue weighted by molar-refractivity contribution is 0.346. The Kier molecular flexibility index (Phi) is 4.18. The van der Waals surface area contributed by atoms with E-state index in [1.165, 1.54) is 6.07 Å².